The molecule has 0 amide bonds. The van der Waals surface area contributed by atoms with Crippen LogP contribution in [0, 0.1) is 16.7 Å². The van der Waals surface area contributed by atoms with Crippen molar-refractivity contribution in [2.24, 2.45) is 16.7 Å². The van der Waals surface area contributed by atoms with E-state index in [1.54, 1.807) is 44.2 Å². The molecule has 0 aromatic heterocycles. The van der Waals surface area contributed by atoms with Crippen molar-refractivity contribution in [2.45, 2.75) is 181 Å². The Kier molecular flexibility index (Phi) is 13.2. The number of hydrogen-bond donors (Lipinski definition) is 1. The van der Waals surface area contributed by atoms with Crippen LogP contribution < -0.4 is 0 Å². The predicted octanol–water partition coefficient (Wildman–Crippen LogP) is 8.86. The maximum absolute atomic E-state index is 14.4. The predicted molar refractivity (Wildman–Crippen MR) is 228 cm³/mol. The van der Waals surface area contributed by atoms with E-state index in [1.165, 1.54) is 20.8 Å². The quantitative estimate of drug-likeness (QED) is 0.104. The van der Waals surface area contributed by atoms with Crippen molar-refractivity contribution in [1.29, 1.82) is 0 Å². The van der Waals surface area contributed by atoms with Gasteiger partial charge in [0.1, 0.15) is 12.2 Å². The fourth-order valence-electron chi connectivity index (χ4n) is 9.09. The van der Waals surface area contributed by atoms with E-state index in [4.69, 9.17) is 34.4 Å². The van der Waals surface area contributed by atoms with Crippen LogP contribution in [0.1, 0.15) is 113 Å². The maximum Gasteiger partial charge on any atom is 0.338 e. The van der Waals surface area contributed by atoms with Crippen molar-refractivity contribution >= 4 is 40.5 Å². The first-order valence-electron chi connectivity index (χ1n) is 20.5. The molecule has 0 spiro atoms. The van der Waals surface area contributed by atoms with Gasteiger partial charge in [0.2, 0.25) is 0 Å². The van der Waals surface area contributed by atoms with Crippen molar-refractivity contribution in [3.05, 3.63) is 59.2 Å². The number of esters is 4. The average Bonchev–Trinajstić information content (AvgIpc) is 3.31. The molecule has 0 aliphatic heterocycles. The summed E-state index contributed by atoms with van der Waals surface area (Å²) in [5.74, 6) is -3.59. The van der Waals surface area contributed by atoms with Crippen LogP contribution in [0.15, 0.2) is 53.6 Å². The molecule has 11 nitrogen and oxygen atoms in total. The van der Waals surface area contributed by atoms with Gasteiger partial charge in [0.15, 0.2) is 28.8 Å². The number of aliphatic hydroxyl groups is 1. The Morgan fingerprint density at radius 1 is 0.741 bits per heavy atom. The van der Waals surface area contributed by atoms with Gasteiger partial charge in [0.05, 0.1) is 34.2 Å². The Morgan fingerprint density at radius 2 is 1.21 bits per heavy atom. The van der Waals surface area contributed by atoms with E-state index in [0.717, 1.165) is 0 Å². The summed E-state index contributed by atoms with van der Waals surface area (Å²) in [6, 6.07) is 8.47. The molecule has 0 heterocycles. The summed E-state index contributed by atoms with van der Waals surface area (Å²) in [6.07, 6.45) is -6.07. The number of carbonyl (C=O) groups is 4. The topological polar surface area (TPSA) is 144 Å². The third-order valence-electron chi connectivity index (χ3n) is 14.2. The molecule has 3 aliphatic carbocycles. The molecule has 1 aromatic carbocycles. The Bertz CT molecular complexity index is 1800. The van der Waals surface area contributed by atoms with E-state index in [-0.39, 0.29) is 28.5 Å². The molecule has 0 radical (unpaired) electrons. The lowest BCUT2D eigenvalue weighted by atomic mass is 9.54. The minimum atomic E-state index is -2.55. The van der Waals surface area contributed by atoms with Gasteiger partial charge < -0.3 is 32.9 Å². The summed E-state index contributed by atoms with van der Waals surface area (Å²) in [5, 5.41) is 12.5. The van der Waals surface area contributed by atoms with Crippen LogP contribution in [-0.4, -0.2) is 87.8 Å². The van der Waals surface area contributed by atoms with Gasteiger partial charge in [-0.05, 0) is 92.3 Å². The Labute approximate surface area is 348 Å². The van der Waals surface area contributed by atoms with Crippen LogP contribution >= 0.6 is 0 Å². The van der Waals surface area contributed by atoms with Crippen LogP contribution in [0.25, 0.3) is 0 Å². The molecule has 2 saturated carbocycles. The number of carbonyl (C=O) groups excluding carboxylic acids is 4. The van der Waals surface area contributed by atoms with Gasteiger partial charge in [-0.1, -0.05) is 73.2 Å². The van der Waals surface area contributed by atoms with Crippen LogP contribution in [0.3, 0.4) is 0 Å². The lowest BCUT2D eigenvalue weighted by Crippen LogP contribution is -2.65. The monoisotopic (exact) mass is 842 g/mol. The van der Waals surface area contributed by atoms with E-state index in [0.29, 0.717) is 16.7 Å². The highest BCUT2D eigenvalue weighted by atomic mass is 28.4. The van der Waals surface area contributed by atoms with Gasteiger partial charge in [-0.3, -0.25) is 14.4 Å². The lowest BCUT2D eigenvalue weighted by Gasteiger charge is -2.57. The van der Waals surface area contributed by atoms with Crippen molar-refractivity contribution < 1.29 is 52.1 Å². The fraction of sp³-hybridized carbons (Fsp3) is 0.689. The highest BCUT2D eigenvalue weighted by Crippen LogP contribution is 2.67. The molecule has 9 atom stereocenters. The zero-order valence-corrected chi connectivity index (χ0v) is 40.1. The second-order valence-electron chi connectivity index (χ2n) is 20.6. The van der Waals surface area contributed by atoms with Gasteiger partial charge in [0.25, 0.3) is 0 Å². The SMILES string of the molecule is C=C1[C@@H](O[Si](C)(C)C(C)(C)C)C[C@H](OC(C)=O)[C@@]2(C)[C@@H](OC(C)=O)[C@H](OC(=O)c3ccccc3)C3=C(C)[C@@H](O[Si](C)(C)C(C)(C)C)C[C@@]3(C(C)(C)O)[C@@H](OC(C)=O)[C@H]12. The summed E-state index contributed by atoms with van der Waals surface area (Å²) >= 11 is 0. The van der Waals surface area contributed by atoms with Crippen molar-refractivity contribution in [3.8, 4) is 0 Å². The molecule has 0 saturated heterocycles. The van der Waals surface area contributed by atoms with Crippen LogP contribution in [-0.2, 0) is 42.2 Å². The van der Waals surface area contributed by atoms with Crippen LogP contribution in [0.2, 0.25) is 36.3 Å². The second-order valence-corrected chi connectivity index (χ2v) is 30.1. The summed E-state index contributed by atoms with van der Waals surface area (Å²) < 4.78 is 40.3. The minimum Gasteiger partial charge on any atom is -0.462 e. The summed E-state index contributed by atoms with van der Waals surface area (Å²) in [5.41, 5.74) is -2.85. The molecule has 58 heavy (non-hydrogen) atoms. The third-order valence-corrected chi connectivity index (χ3v) is 23.1. The minimum absolute atomic E-state index is 0.125. The van der Waals surface area contributed by atoms with E-state index >= 15 is 0 Å². The normalized spacial score (nSPS) is 30.8. The number of hydrogen-bond acceptors (Lipinski definition) is 11. The molecule has 3 aliphatic rings. The Morgan fingerprint density at radius 3 is 1.66 bits per heavy atom. The molecule has 0 bridgehead atoms. The van der Waals surface area contributed by atoms with Crippen LogP contribution in [0.5, 0.6) is 0 Å². The van der Waals surface area contributed by atoms with Crippen LogP contribution in [0.4, 0.5) is 0 Å². The van der Waals surface area contributed by atoms with Crippen molar-refractivity contribution in [1.82, 2.24) is 0 Å². The van der Waals surface area contributed by atoms with Gasteiger partial charge in [-0.2, -0.15) is 0 Å². The molecule has 324 valence electrons. The number of ether oxygens (including phenoxy) is 4. The highest BCUT2D eigenvalue weighted by molar-refractivity contribution is 6.74. The highest BCUT2D eigenvalue weighted by Gasteiger charge is 2.74. The summed E-state index contributed by atoms with van der Waals surface area (Å²) in [4.78, 5) is 54.8. The molecular weight excluding hydrogens is 773 g/mol. The molecule has 1 aromatic rings. The number of benzene rings is 1. The van der Waals surface area contributed by atoms with Crippen molar-refractivity contribution in [3.63, 3.8) is 0 Å². The van der Waals surface area contributed by atoms with Crippen molar-refractivity contribution in [2.75, 3.05) is 0 Å². The average molecular weight is 843 g/mol. The van der Waals surface area contributed by atoms with Gasteiger partial charge in [-0.25, -0.2) is 4.79 Å². The Balaban J connectivity index is 2.23. The van der Waals surface area contributed by atoms with E-state index in [9.17, 15) is 24.3 Å². The van der Waals surface area contributed by atoms with Gasteiger partial charge >= 0.3 is 23.9 Å². The van der Waals surface area contributed by atoms with Gasteiger partial charge in [-0.15, -0.1) is 0 Å². The number of rotatable bonds is 10. The zero-order valence-electron chi connectivity index (χ0n) is 38.1. The number of fused-ring (bicyclic) bond motifs is 2. The summed E-state index contributed by atoms with van der Waals surface area (Å²) in [6.45, 7) is 36.9. The first kappa shape index (κ1) is 47.6. The third kappa shape index (κ3) is 8.57. The van der Waals surface area contributed by atoms with E-state index in [2.05, 4.69) is 67.7 Å². The van der Waals surface area contributed by atoms with E-state index in [1.807, 2.05) is 13.8 Å². The zero-order chi connectivity index (χ0) is 44.4. The van der Waals surface area contributed by atoms with Gasteiger partial charge in [0, 0.05) is 33.1 Å². The largest absolute Gasteiger partial charge is 0.462 e. The second kappa shape index (κ2) is 16.1. The molecule has 4 rings (SSSR count). The van der Waals surface area contributed by atoms with E-state index < -0.39 is 99.5 Å². The molecule has 2 fully saturated rings. The first-order chi connectivity index (χ1) is 26.2. The standard InChI is InChI=1S/C45H70O11Si2/c1-26-32(55-57(15,16)41(6,7)8)24-34(51-28(3)46)44(14)36(26)38(52-29(4)47)45(43(12,13)50)25-33(56-58(17,18)42(9,10)11)27(2)35(45)37(39(44)53-30(5)48)54-40(49)31-22-20-19-21-23-31/h19-23,32-34,36-39,50H,1,24-25H2,2-18H3/t32-,33-,34-,36-,37+,38-,39-,44+,45-/m0/s1. The fourth-order valence-corrected chi connectivity index (χ4v) is 11.7. The maximum atomic E-state index is 14.4. The smallest absolute Gasteiger partial charge is 0.338 e. The first-order valence-corrected chi connectivity index (χ1v) is 26.3. The Hall–Kier alpha value is -3.11. The molecule has 13 heteroatoms. The molecule has 0 unspecified atom stereocenters. The molecule has 1 N–H and O–H groups in total. The summed E-state index contributed by atoms with van der Waals surface area (Å²) in [7, 11) is -5.09. The lowest BCUT2D eigenvalue weighted by molar-refractivity contribution is -0.213. The molecular formula is C45H70O11Si2.